The maximum Gasteiger partial charge on any atom is 0.167 e. The van der Waals surface area contributed by atoms with Crippen molar-refractivity contribution < 1.29 is 18.3 Å². The number of methoxy groups -OCH3 is 1. The summed E-state index contributed by atoms with van der Waals surface area (Å²) in [5, 5.41) is 0. The molecule has 100 valence electrons. The molecule has 2 aromatic carbocycles. The van der Waals surface area contributed by atoms with Gasteiger partial charge in [0.1, 0.15) is 0 Å². The Balaban J connectivity index is 2.40. The van der Waals surface area contributed by atoms with E-state index in [9.17, 15) is 8.78 Å². The third-order valence-electron chi connectivity index (χ3n) is 2.40. The zero-order valence-corrected chi connectivity index (χ0v) is 11.5. The number of benzene rings is 2. The van der Waals surface area contributed by atoms with Crippen molar-refractivity contribution in [2.45, 2.75) is 0 Å². The van der Waals surface area contributed by atoms with Crippen molar-refractivity contribution in [3.05, 3.63) is 46.4 Å². The molecule has 0 aliphatic heterocycles. The molecule has 0 saturated carbocycles. The molecule has 0 spiro atoms. The second-order valence-corrected chi connectivity index (χ2v) is 4.62. The fourth-order valence-electron chi connectivity index (χ4n) is 1.47. The number of hydrogen-bond donors (Lipinski definition) is 1. The average molecular weight is 330 g/mol. The van der Waals surface area contributed by atoms with E-state index in [2.05, 4.69) is 15.9 Å². The van der Waals surface area contributed by atoms with Crippen LogP contribution in [-0.4, -0.2) is 7.11 Å². The number of nitrogen functional groups attached to an aromatic ring is 1. The van der Waals surface area contributed by atoms with Crippen molar-refractivity contribution in [1.82, 2.24) is 0 Å². The lowest BCUT2D eigenvalue weighted by Crippen LogP contribution is -1.97. The van der Waals surface area contributed by atoms with Gasteiger partial charge in [0.15, 0.2) is 28.9 Å². The SMILES string of the molecule is COc1cc(Oc2cc(Br)ccc2F)c(N)cc1F. The first-order chi connectivity index (χ1) is 9.01. The van der Waals surface area contributed by atoms with Crippen LogP contribution in [0.1, 0.15) is 0 Å². The molecule has 2 rings (SSSR count). The first-order valence-corrected chi connectivity index (χ1v) is 6.06. The van der Waals surface area contributed by atoms with Gasteiger partial charge in [-0.3, -0.25) is 0 Å². The molecule has 0 amide bonds. The number of ether oxygens (including phenoxy) is 2. The Morgan fingerprint density at radius 3 is 2.42 bits per heavy atom. The summed E-state index contributed by atoms with van der Waals surface area (Å²) in [6, 6.07) is 6.56. The lowest BCUT2D eigenvalue weighted by molar-refractivity contribution is 0.380. The fourth-order valence-corrected chi connectivity index (χ4v) is 1.81. The third kappa shape index (κ3) is 2.96. The Hall–Kier alpha value is -1.82. The summed E-state index contributed by atoms with van der Waals surface area (Å²) in [6.45, 7) is 0. The van der Waals surface area contributed by atoms with Crippen LogP contribution >= 0.6 is 15.9 Å². The van der Waals surface area contributed by atoms with E-state index in [0.717, 1.165) is 6.07 Å². The van der Waals surface area contributed by atoms with Crippen molar-refractivity contribution in [2.75, 3.05) is 12.8 Å². The Labute approximate surface area is 117 Å². The molecular weight excluding hydrogens is 320 g/mol. The maximum atomic E-state index is 13.6. The molecule has 0 unspecified atom stereocenters. The van der Waals surface area contributed by atoms with Gasteiger partial charge >= 0.3 is 0 Å². The van der Waals surface area contributed by atoms with Crippen LogP contribution in [0.3, 0.4) is 0 Å². The van der Waals surface area contributed by atoms with E-state index in [1.807, 2.05) is 0 Å². The largest absolute Gasteiger partial charge is 0.494 e. The molecule has 0 atom stereocenters. The maximum absolute atomic E-state index is 13.6. The van der Waals surface area contributed by atoms with Gasteiger partial charge in [-0.05, 0) is 18.2 Å². The van der Waals surface area contributed by atoms with Crippen LogP contribution in [0.4, 0.5) is 14.5 Å². The normalized spacial score (nSPS) is 10.3. The summed E-state index contributed by atoms with van der Waals surface area (Å²) in [6.07, 6.45) is 0. The predicted octanol–water partition coefficient (Wildman–Crippen LogP) is 4.11. The molecule has 19 heavy (non-hydrogen) atoms. The highest BCUT2D eigenvalue weighted by molar-refractivity contribution is 9.10. The van der Waals surface area contributed by atoms with E-state index in [-0.39, 0.29) is 22.9 Å². The Morgan fingerprint density at radius 1 is 1.00 bits per heavy atom. The van der Waals surface area contributed by atoms with Crippen molar-refractivity contribution in [1.29, 1.82) is 0 Å². The van der Waals surface area contributed by atoms with E-state index >= 15 is 0 Å². The van der Waals surface area contributed by atoms with E-state index in [1.165, 1.54) is 31.4 Å². The van der Waals surface area contributed by atoms with Crippen LogP contribution in [0.15, 0.2) is 34.8 Å². The van der Waals surface area contributed by atoms with Crippen molar-refractivity contribution in [3.8, 4) is 17.2 Å². The van der Waals surface area contributed by atoms with Gasteiger partial charge in [-0.25, -0.2) is 8.78 Å². The summed E-state index contributed by atoms with van der Waals surface area (Å²) < 4.78 is 37.7. The Morgan fingerprint density at radius 2 is 1.74 bits per heavy atom. The van der Waals surface area contributed by atoms with Gasteiger partial charge in [0, 0.05) is 16.6 Å². The van der Waals surface area contributed by atoms with Crippen LogP contribution in [0.25, 0.3) is 0 Å². The molecule has 0 heterocycles. The van der Waals surface area contributed by atoms with Gasteiger partial charge < -0.3 is 15.2 Å². The van der Waals surface area contributed by atoms with Gasteiger partial charge in [-0.1, -0.05) is 15.9 Å². The number of hydrogen-bond acceptors (Lipinski definition) is 3. The highest BCUT2D eigenvalue weighted by atomic mass is 79.9. The summed E-state index contributed by atoms with van der Waals surface area (Å²) >= 11 is 3.21. The van der Waals surface area contributed by atoms with Crippen LogP contribution in [0, 0.1) is 11.6 Å². The Kier molecular flexibility index (Phi) is 3.90. The van der Waals surface area contributed by atoms with Crippen molar-refractivity contribution >= 4 is 21.6 Å². The number of nitrogens with two attached hydrogens (primary N) is 1. The minimum atomic E-state index is -0.609. The molecule has 2 N–H and O–H groups in total. The van der Waals surface area contributed by atoms with E-state index in [0.29, 0.717) is 4.47 Å². The summed E-state index contributed by atoms with van der Waals surface area (Å²) in [7, 11) is 1.32. The standard InChI is InChI=1S/C13H10BrF2NO2/c1-18-11-6-13(10(17)5-9(11)16)19-12-4-7(14)2-3-8(12)15/h2-6H,17H2,1H3. The first-order valence-electron chi connectivity index (χ1n) is 5.27. The van der Waals surface area contributed by atoms with Crippen molar-refractivity contribution in [3.63, 3.8) is 0 Å². The number of rotatable bonds is 3. The molecule has 0 aliphatic carbocycles. The summed E-state index contributed by atoms with van der Waals surface area (Å²) in [5.41, 5.74) is 5.68. The molecule has 0 radical (unpaired) electrons. The topological polar surface area (TPSA) is 44.5 Å². The molecule has 3 nitrogen and oxygen atoms in total. The fraction of sp³-hybridized carbons (Fsp3) is 0.0769. The molecule has 6 heteroatoms. The van der Waals surface area contributed by atoms with E-state index < -0.39 is 11.6 Å². The van der Waals surface area contributed by atoms with Crippen LogP contribution < -0.4 is 15.2 Å². The Bertz CT molecular complexity index is 620. The van der Waals surface area contributed by atoms with Gasteiger partial charge in [0.05, 0.1) is 12.8 Å². The summed E-state index contributed by atoms with van der Waals surface area (Å²) in [5.74, 6) is -1.09. The van der Waals surface area contributed by atoms with Gasteiger partial charge in [-0.15, -0.1) is 0 Å². The molecular formula is C13H10BrF2NO2. The smallest absolute Gasteiger partial charge is 0.167 e. The quantitative estimate of drug-likeness (QED) is 0.862. The highest BCUT2D eigenvalue weighted by Crippen LogP contribution is 2.35. The first kappa shape index (κ1) is 13.6. The lowest BCUT2D eigenvalue weighted by atomic mass is 10.2. The second-order valence-electron chi connectivity index (χ2n) is 3.70. The minimum Gasteiger partial charge on any atom is -0.494 e. The average Bonchev–Trinajstić information content (AvgIpc) is 2.37. The second kappa shape index (κ2) is 5.44. The van der Waals surface area contributed by atoms with Crippen LogP contribution in [0.2, 0.25) is 0 Å². The van der Waals surface area contributed by atoms with Gasteiger partial charge in [0.2, 0.25) is 0 Å². The lowest BCUT2D eigenvalue weighted by Gasteiger charge is -2.11. The zero-order chi connectivity index (χ0) is 14.0. The molecule has 0 fully saturated rings. The number of anilines is 1. The molecule has 0 aliphatic rings. The monoisotopic (exact) mass is 329 g/mol. The number of halogens is 3. The van der Waals surface area contributed by atoms with Crippen molar-refractivity contribution in [2.24, 2.45) is 0 Å². The zero-order valence-electron chi connectivity index (χ0n) is 9.91. The van der Waals surface area contributed by atoms with Crippen LogP contribution in [0.5, 0.6) is 17.2 Å². The predicted molar refractivity (Wildman–Crippen MR) is 71.5 cm³/mol. The van der Waals surface area contributed by atoms with Gasteiger partial charge in [-0.2, -0.15) is 0 Å². The molecule has 2 aromatic rings. The highest BCUT2D eigenvalue weighted by Gasteiger charge is 2.12. The molecule has 0 saturated heterocycles. The van der Waals surface area contributed by atoms with Crippen LogP contribution in [-0.2, 0) is 0 Å². The molecule has 0 bridgehead atoms. The summed E-state index contributed by atoms with van der Waals surface area (Å²) in [4.78, 5) is 0. The third-order valence-corrected chi connectivity index (χ3v) is 2.89. The minimum absolute atomic E-state index is 0.0188. The molecule has 0 aromatic heterocycles. The van der Waals surface area contributed by atoms with E-state index in [1.54, 1.807) is 0 Å². The van der Waals surface area contributed by atoms with Gasteiger partial charge in [0.25, 0.3) is 0 Å². The van der Waals surface area contributed by atoms with E-state index in [4.69, 9.17) is 15.2 Å².